The van der Waals surface area contributed by atoms with E-state index in [1.807, 2.05) is 0 Å². The molecule has 2 aliphatic carbocycles. The smallest absolute Gasteiger partial charge is 0.233 e. The molecule has 3 N–H and O–H groups in total. The fraction of sp³-hybridized carbons (Fsp3) is 0.846. The van der Waals surface area contributed by atoms with E-state index in [-0.39, 0.29) is 5.91 Å². The van der Waals surface area contributed by atoms with Crippen LogP contribution in [0.3, 0.4) is 0 Å². The summed E-state index contributed by atoms with van der Waals surface area (Å²) in [4.78, 5) is 12.3. The molecule has 0 saturated heterocycles. The maximum Gasteiger partial charge on any atom is 0.233 e. The Morgan fingerprint density at radius 2 is 1.94 bits per heavy atom. The second kappa shape index (κ2) is 5.34. The minimum absolute atomic E-state index is 0.0563. The summed E-state index contributed by atoms with van der Waals surface area (Å²) in [5.74, 6) is 0.866. The topological polar surface area (TPSA) is 55.1 Å². The van der Waals surface area contributed by atoms with Crippen LogP contribution in [0.15, 0.2) is 0 Å². The van der Waals surface area contributed by atoms with Crippen LogP contribution in [0, 0.1) is 11.3 Å². The van der Waals surface area contributed by atoms with Crippen molar-refractivity contribution in [3.63, 3.8) is 0 Å². The first-order chi connectivity index (χ1) is 8.15. The predicted molar refractivity (Wildman–Crippen MR) is 72.7 cm³/mol. The van der Waals surface area contributed by atoms with Gasteiger partial charge in [-0.3, -0.25) is 4.79 Å². The van der Waals surface area contributed by atoms with Gasteiger partial charge in [0, 0.05) is 6.54 Å². The number of hydrogen-bond donors (Lipinski definition) is 2. The van der Waals surface area contributed by atoms with E-state index in [4.69, 9.17) is 18.0 Å². The molecular weight excluding hydrogens is 232 g/mol. The lowest BCUT2D eigenvalue weighted by Gasteiger charge is -2.22. The molecule has 0 aromatic rings. The van der Waals surface area contributed by atoms with E-state index in [2.05, 4.69) is 5.32 Å². The van der Waals surface area contributed by atoms with Crippen molar-refractivity contribution in [1.82, 2.24) is 5.32 Å². The molecule has 0 spiro atoms. The van der Waals surface area contributed by atoms with E-state index in [0.29, 0.717) is 4.99 Å². The Kier molecular flexibility index (Phi) is 4.02. The molecule has 3 nitrogen and oxygen atoms in total. The highest BCUT2D eigenvalue weighted by atomic mass is 32.1. The summed E-state index contributed by atoms with van der Waals surface area (Å²) < 4.78 is 0. The van der Waals surface area contributed by atoms with Crippen LogP contribution in [0.1, 0.15) is 51.4 Å². The SMILES string of the molecule is NC(=S)C1(C(=O)NCCC2CCCCC2)CC1. The zero-order valence-electron chi connectivity index (χ0n) is 10.3. The molecule has 2 aliphatic rings. The molecule has 0 atom stereocenters. The average Bonchev–Trinajstić information content (AvgIpc) is 3.11. The molecule has 2 rings (SSSR count). The number of hydrogen-bond acceptors (Lipinski definition) is 2. The van der Waals surface area contributed by atoms with Crippen LogP contribution in [-0.4, -0.2) is 17.4 Å². The van der Waals surface area contributed by atoms with E-state index in [9.17, 15) is 4.79 Å². The fourth-order valence-corrected chi connectivity index (χ4v) is 3.04. The van der Waals surface area contributed by atoms with Gasteiger partial charge in [0.2, 0.25) is 5.91 Å². The third-order valence-electron chi connectivity index (χ3n) is 4.22. The molecule has 1 amide bonds. The predicted octanol–water partition coefficient (Wildman–Crippen LogP) is 2.14. The van der Waals surface area contributed by atoms with Gasteiger partial charge in [0.25, 0.3) is 0 Å². The van der Waals surface area contributed by atoms with E-state index in [1.165, 1.54) is 32.1 Å². The summed E-state index contributed by atoms with van der Waals surface area (Å²) in [6, 6.07) is 0. The van der Waals surface area contributed by atoms with E-state index >= 15 is 0 Å². The zero-order valence-corrected chi connectivity index (χ0v) is 11.2. The van der Waals surface area contributed by atoms with Gasteiger partial charge in [0.1, 0.15) is 0 Å². The second-order valence-electron chi connectivity index (χ2n) is 5.49. The molecule has 0 aromatic carbocycles. The zero-order chi connectivity index (χ0) is 12.3. The summed E-state index contributed by atoms with van der Waals surface area (Å²) in [6.45, 7) is 0.786. The van der Waals surface area contributed by atoms with E-state index in [1.54, 1.807) is 0 Å². The van der Waals surface area contributed by atoms with Crippen LogP contribution in [0.4, 0.5) is 0 Å². The molecule has 0 aliphatic heterocycles. The Morgan fingerprint density at radius 3 is 2.47 bits per heavy atom. The molecule has 0 heterocycles. The largest absolute Gasteiger partial charge is 0.392 e. The highest BCUT2D eigenvalue weighted by molar-refractivity contribution is 7.80. The van der Waals surface area contributed by atoms with Gasteiger partial charge in [-0.1, -0.05) is 44.3 Å². The first-order valence-electron chi connectivity index (χ1n) is 6.73. The van der Waals surface area contributed by atoms with Gasteiger partial charge in [0.05, 0.1) is 10.4 Å². The number of nitrogens with one attached hydrogen (secondary N) is 1. The Hall–Kier alpha value is -0.640. The van der Waals surface area contributed by atoms with Crippen molar-refractivity contribution in [1.29, 1.82) is 0 Å². The maximum absolute atomic E-state index is 11.9. The Balaban J connectivity index is 1.68. The van der Waals surface area contributed by atoms with E-state index < -0.39 is 5.41 Å². The molecule has 2 fully saturated rings. The summed E-state index contributed by atoms with van der Waals surface area (Å²) in [5, 5.41) is 3.01. The van der Waals surface area contributed by atoms with Crippen LogP contribution in [-0.2, 0) is 4.79 Å². The first-order valence-corrected chi connectivity index (χ1v) is 7.14. The van der Waals surface area contributed by atoms with Crippen molar-refractivity contribution in [2.75, 3.05) is 6.54 Å². The second-order valence-corrected chi connectivity index (χ2v) is 5.93. The van der Waals surface area contributed by atoms with Crippen LogP contribution < -0.4 is 11.1 Å². The number of thiocarbonyl (C=S) groups is 1. The summed E-state index contributed by atoms with van der Waals surface area (Å²) in [7, 11) is 0. The van der Waals surface area contributed by atoms with Crippen molar-refractivity contribution in [2.45, 2.75) is 51.4 Å². The highest BCUT2D eigenvalue weighted by Crippen LogP contribution is 2.46. The van der Waals surface area contributed by atoms with Gasteiger partial charge in [-0.05, 0) is 25.2 Å². The number of nitrogens with two attached hydrogens (primary N) is 1. The summed E-state index contributed by atoms with van der Waals surface area (Å²) in [6.07, 6.45) is 9.53. The molecule has 0 radical (unpaired) electrons. The molecule has 4 heteroatoms. The van der Waals surface area contributed by atoms with Gasteiger partial charge in [-0.25, -0.2) is 0 Å². The van der Waals surface area contributed by atoms with Gasteiger partial charge in [-0.2, -0.15) is 0 Å². The Labute approximate surface area is 109 Å². The minimum atomic E-state index is -0.484. The molecule has 17 heavy (non-hydrogen) atoms. The van der Waals surface area contributed by atoms with Crippen LogP contribution in [0.2, 0.25) is 0 Å². The quantitative estimate of drug-likeness (QED) is 0.739. The normalized spacial score (nSPS) is 23.1. The van der Waals surface area contributed by atoms with Crippen molar-refractivity contribution in [3.05, 3.63) is 0 Å². The van der Waals surface area contributed by atoms with Gasteiger partial charge in [-0.15, -0.1) is 0 Å². The fourth-order valence-electron chi connectivity index (χ4n) is 2.75. The van der Waals surface area contributed by atoms with Crippen molar-refractivity contribution < 1.29 is 4.79 Å². The molecule has 96 valence electrons. The third kappa shape index (κ3) is 2.97. The molecule has 0 unspecified atom stereocenters. The maximum atomic E-state index is 11.9. The lowest BCUT2D eigenvalue weighted by atomic mass is 9.87. The third-order valence-corrected chi connectivity index (χ3v) is 4.61. The first kappa shape index (κ1) is 12.8. The number of amides is 1. The highest BCUT2D eigenvalue weighted by Gasteiger charge is 2.52. The Morgan fingerprint density at radius 1 is 1.29 bits per heavy atom. The van der Waals surface area contributed by atoms with Gasteiger partial charge < -0.3 is 11.1 Å². The van der Waals surface area contributed by atoms with Crippen LogP contribution >= 0.6 is 12.2 Å². The molecule has 0 aromatic heterocycles. The molecular formula is C13H22N2OS. The lowest BCUT2D eigenvalue weighted by molar-refractivity contribution is -0.124. The van der Waals surface area contributed by atoms with Crippen molar-refractivity contribution in [3.8, 4) is 0 Å². The van der Waals surface area contributed by atoms with Gasteiger partial charge >= 0.3 is 0 Å². The summed E-state index contributed by atoms with van der Waals surface area (Å²) in [5.41, 5.74) is 5.13. The number of carbonyl (C=O) groups is 1. The van der Waals surface area contributed by atoms with Crippen LogP contribution in [0.25, 0.3) is 0 Å². The summed E-state index contributed by atoms with van der Waals surface area (Å²) >= 11 is 4.96. The minimum Gasteiger partial charge on any atom is -0.392 e. The standard InChI is InChI=1S/C13H22N2OS/c14-11(17)13(7-8-13)12(16)15-9-6-10-4-2-1-3-5-10/h10H,1-9H2,(H2,14,17)(H,15,16). The molecule has 0 bridgehead atoms. The Bertz CT molecular complexity index is 307. The monoisotopic (exact) mass is 254 g/mol. The van der Waals surface area contributed by atoms with Crippen molar-refractivity contribution >= 4 is 23.1 Å². The molecule has 2 saturated carbocycles. The number of rotatable bonds is 5. The van der Waals surface area contributed by atoms with Crippen molar-refractivity contribution in [2.24, 2.45) is 17.1 Å². The van der Waals surface area contributed by atoms with Gasteiger partial charge in [0.15, 0.2) is 0 Å². The van der Waals surface area contributed by atoms with E-state index in [0.717, 1.165) is 31.7 Å². The lowest BCUT2D eigenvalue weighted by Crippen LogP contribution is -2.40. The van der Waals surface area contributed by atoms with Crippen LogP contribution in [0.5, 0.6) is 0 Å². The number of carbonyl (C=O) groups excluding carboxylic acids is 1. The average molecular weight is 254 g/mol.